The maximum absolute atomic E-state index is 5.52. The van der Waals surface area contributed by atoms with Crippen molar-refractivity contribution in [2.45, 2.75) is 6.54 Å². The number of hydrogen-bond acceptors (Lipinski definition) is 5. The first-order valence-electron chi connectivity index (χ1n) is 8.10. The van der Waals surface area contributed by atoms with E-state index in [1.54, 1.807) is 32.4 Å². The Morgan fingerprint density at radius 1 is 1.04 bits per heavy atom. The van der Waals surface area contributed by atoms with Crippen molar-refractivity contribution in [2.24, 2.45) is 21.5 Å². The van der Waals surface area contributed by atoms with E-state index in [9.17, 15) is 0 Å². The van der Waals surface area contributed by atoms with Crippen LogP contribution >= 0.6 is 0 Å². The highest BCUT2D eigenvalue weighted by Gasteiger charge is 2.13. The van der Waals surface area contributed by atoms with Gasteiger partial charge in [0.15, 0.2) is 17.5 Å². The summed E-state index contributed by atoms with van der Waals surface area (Å²) in [5.41, 5.74) is 12.6. The van der Waals surface area contributed by atoms with Gasteiger partial charge in [0.2, 0.25) is 12.8 Å². The zero-order valence-corrected chi connectivity index (χ0v) is 15.1. The van der Waals surface area contributed by atoms with E-state index in [1.807, 2.05) is 18.2 Å². The van der Waals surface area contributed by atoms with Crippen LogP contribution in [0.3, 0.4) is 0 Å². The smallest absolute Gasteiger partial charge is 0.231 e. The third-order valence-electron chi connectivity index (χ3n) is 3.69. The zero-order chi connectivity index (χ0) is 19.2. The summed E-state index contributed by atoms with van der Waals surface area (Å²) >= 11 is 0. The second-order valence-electron chi connectivity index (χ2n) is 5.59. The predicted molar refractivity (Wildman–Crippen MR) is 103 cm³/mol. The molecular formula is C18H21N5O4. The predicted octanol–water partition coefficient (Wildman–Crippen LogP) is 1.67. The summed E-state index contributed by atoms with van der Waals surface area (Å²) in [6.07, 6.45) is 0. The minimum atomic E-state index is -0.109. The number of methoxy groups -OCH3 is 2. The first-order chi connectivity index (χ1) is 13.1. The molecule has 1 heterocycles. The second-order valence-corrected chi connectivity index (χ2v) is 5.59. The molecule has 9 heteroatoms. The molecule has 0 saturated carbocycles. The van der Waals surface area contributed by atoms with Crippen molar-refractivity contribution in [1.82, 2.24) is 0 Å². The molecule has 0 aliphatic carbocycles. The molecule has 1 aliphatic heterocycles. The van der Waals surface area contributed by atoms with Crippen molar-refractivity contribution < 1.29 is 18.9 Å². The van der Waals surface area contributed by atoms with Gasteiger partial charge in [-0.2, -0.15) is 4.99 Å². The number of nitrogens with one attached hydrogen (secondary N) is 1. The lowest BCUT2D eigenvalue weighted by Crippen LogP contribution is -2.26. The average Bonchev–Trinajstić information content (AvgIpc) is 3.13. The van der Waals surface area contributed by atoms with Crippen molar-refractivity contribution in [2.75, 3.05) is 26.3 Å². The Labute approximate surface area is 156 Å². The van der Waals surface area contributed by atoms with Gasteiger partial charge in [0.05, 0.1) is 20.8 Å². The normalized spacial score (nSPS) is 12.4. The number of ether oxygens (including phenoxy) is 4. The number of nitrogens with zero attached hydrogens (tertiary/aromatic N) is 2. The van der Waals surface area contributed by atoms with Crippen LogP contribution in [0.4, 0.5) is 5.69 Å². The first kappa shape index (κ1) is 18.2. The lowest BCUT2D eigenvalue weighted by atomic mass is 10.2. The molecule has 142 valence electrons. The quantitative estimate of drug-likeness (QED) is 0.539. The molecule has 0 aromatic heterocycles. The van der Waals surface area contributed by atoms with E-state index < -0.39 is 0 Å². The van der Waals surface area contributed by atoms with Crippen LogP contribution in [-0.4, -0.2) is 32.9 Å². The molecular weight excluding hydrogens is 350 g/mol. The van der Waals surface area contributed by atoms with Crippen molar-refractivity contribution in [1.29, 1.82) is 0 Å². The topological polar surface area (TPSA) is 126 Å². The van der Waals surface area contributed by atoms with E-state index in [0.29, 0.717) is 35.2 Å². The van der Waals surface area contributed by atoms with Gasteiger partial charge in [-0.3, -0.25) is 0 Å². The van der Waals surface area contributed by atoms with Crippen LogP contribution in [0.5, 0.6) is 23.0 Å². The monoisotopic (exact) mass is 371 g/mol. The highest BCUT2D eigenvalue weighted by Crippen LogP contribution is 2.32. The molecule has 0 spiro atoms. The fourth-order valence-electron chi connectivity index (χ4n) is 2.44. The number of rotatable bonds is 5. The molecule has 5 N–H and O–H groups in total. The van der Waals surface area contributed by atoms with Gasteiger partial charge < -0.3 is 35.7 Å². The van der Waals surface area contributed by atoms with Crippen LogP contribution in [0, 0.1) is 0 Å². The Balaban J connectivity index is 1.81. The molecule has 0 saturated heterocycles. The van der Waals surface area contributed by atoms with Gasteiger partial charge in [-0.15, -0.1) is 0 Å². The summed E-state index contributed by atoms with van der Waals surface area (Å²) in [5.74, 6) is 2.79. The Morgan fingerprint density at radius 2 is 1.74 bits per heavy atom. The Hall–Kier alpha value is -3.62. The fourth-order valence-corrected chi connectivity index (χ4v) is 2.44. The van der Waals surface area contributed by atoms with E-state index >= 15 is 0 Å². The van der Waals surface area contributed by atoms with Gasteiger partial charge in [0.1, 0.15) is 11.5 Å². The number of nitrogens with two attached hydrogens (primary N) is 2. The van der Waals surface area contributed by atoms with Gasteiger partial charge in [-0.25, -0.2) is 4.99 Å². The molecule has 0 radical (unpaired) electrons. The van der Waals surface area contributed by atoms with E-state index in [4.69, 9.17) is 30.4 Å². The summed E-state index contributed by atoms with van der Waals surface area (Å²) in [4.78, 5) is 8.49. The Bertz CT molecular complexity index is 856. The van der Waals surface area contributed by atoms with Crippen LogP contribution in [0.1, 0.15) is 5.56 Å². The third kappa shape index (κ3) is 4.72. The highest BCUT2D eigenvalue weighted by molar-refractivity contribution is 6.01. The number of fused-ring (bicyclic) bond motifs is 1. The van der Waals surface area contributed by atoms with Gasteiger partial charge in [-0.05, 0) is 17.7 Å². The summed E-state index contributed by atoms with van der Waals surface area (Å²) < 4.78 is 21.2. The molecule has 2 aromatic rings. The van der Waals surface area contributed by atoms with E-state index in [2.05, 4.69) is 15.3 Å². The number of benzene rings is 2. The Kier molecular flexibility index (Phi) is 5.50. The maximum atomic E-state index is 5.52. The zero-order valence-electron chi connectivity index (χ0n) is 15.1. The fraction of sp³-hybridized carbons (Fsp3) is 0.222. The third-order valence-corrected chi connectivity index (χ3v) is 3.69. The van der Waals surface area contributed by atoms with E-state index in [0.717, 1.165) is 5.56 Å². The Morgan fingerprint density at radius 3 is 2.41 bits per heavy atom. The molecule has 0 bridgehead atoms. The van der Waals surface area contributed by atoms with Crippen molar-refractivity contribution in [3.63, 3.8) is 0 Å². The van der Waals surface area contributed by atoms with E-state index in [-0.39, 0.29) is 18.7 Å². The molecule has 1 aliphatic rings. The van der Waals surface area contributed by atoms with E-state index in [1.165, 1.54) is 0 Å². The standard InChI is InChI=1S/C18H21N5O4/c1-24-13-6-12(7-14(8-13)25-2)22-18(23-17(19)20)21-9-11-3-4-15-16(5-11)27-10-26-15/h3-8H,9-10H2,1-2H3,(H5,19,20,21,22,23). The summed E-state index contributed by atoms with van der Waals surface area (Å²) in [6, 6.07) is 10.9. The van der Waals surface area contributed by atoms with Gasteiger partial charge in [0, 0.05) is 23.9 Å². The number of anilines is 1. The van der Waals surface area contributed by atoms with Crippen molar-refractivity contribution in [3.05, 3.63) is 42.0 Å². The van der Waals surface area contributed by atoms with Crippen LogP contribution < -0.4 is 35.7 Å². The van der Waals surface area contributed by atoms with Crippen LogP contribution in [0.15, 0.2) is 46.4 Å². The SMILES string of the molecule is COc1cc(NC(N=C(N)N)=NCc2ccc3c(c2)OCO3)cc(OC)c1. The number of aliphatic imine (C=N–C) groups is 2. The molecule has 9 nitrogen and oxygen atoms in total. The minimum absolute atomic E-state index is 0.109. The molecule has 0 fully saturated rings. The molecule has 0 atom stereocenters. The average molecular weight is 371 g/mol. The first-order valence-corrected chi connectivity index (χ1v) is 8.10. The highest BCUT2D eigenvalue weighted by atomic mass is 16.7. The maximum Gasteiger partial charge on any atom is 0.231 e. The largest absolute Gasteiger partial charge is 0.497 e. The molecule has 27 heavy (non-hydrogen) atoms. The van der Waals surface area contributed by atoms with Crippen LogP contribution in [-0.2, 0) is 6.54 Å². The van der Waals surface area contributed by atoms with Crippen LogP contribution in [0.2, 0.25) is 0 Å². The lowest BCUT2D eigenvalue weighted by molar-refractivity contribution is 0.174. The van der Waals surface area contributed by atoms with Crippen molar-refractivity contribution >= 4 is 17.6 Å². The van der Waals surface area contributed by atoms with Gasteiger partial charge in [-0.1, -0.05) is 6.07 Å². The van der Waals surface area contributed by atoms with Gasteiger partial charge >= 0.3 is 0 Å². The molecule has 2 aromatic carbocycles. The molecule has 0 unspecified atom stereocenters. The second kappa shape index (κ2) is 8.17. The van der Waals surface area contributed by atoms with Gasteiger partial charge in [0.25, 0.3) is 0 Å². The summed E-state index contributed by atoms with van der Waals surface area (Å²) in [5, 5.41) is 3.07. The summed E-state index contributed by atoms with van der Waals surface area (Å²) in [6.45, 7) is 0.567. The molecule has 0 amide bonds. The summed E-state index contributed by atoms with van der Waals surface area (Å²) in [7, 11) is 3.15. The van der Waals surface area contributed by atoms with Crippen molar-refractivity contribution in [3.8, 4) is 23.0 Å². The van der Waals surface area contributed by atoms with Crippen LogP contribution in [0.25, 0.3) is 0 Å². The lowest BCUT2D eigenvalue weighted by Gasteiger charge is -2.11. The molecule has 3 rings (SSSR count). The number of guanidine groups is 2. The minimum Gasteiger partial charge on any atom is -0.497 e. The number of hydrogen-bond donors (Lipinski definition) is 3.